The summed E-state index contributed by atoms with van der Waals surface area (Å²) in [7, 11) is 1.37. The van der Waals surface area contributed by atoms with Crippen molar-refractivity contribution in [3.63, 3.8) is 0 Å². The highest BCUT2D eigenvalue weighted by atomic mass is 16.5. The van der Waals surface area contributed by atoms with Crippen molar-refractivity contribution in [3.05, 3.63) is 11.3 Å². The van der Waals surface area contributed by atoms with Crippen LogP contribution in [0.1, 0.15) is 13.8 Å². The van der Waals surface area contributed by atoms with Crippen LogP contribution in [0.4, 0.5) is 0 Å². The van der Waals surface area contributed by atoms with E-state index in [1.165, 1.54) is 14.0 Å². The third kappa shape index (κ3) is 3.14. The van der Waals surface area contributed by atoms with E-state index in [4.69, 9.17) is 5.11 Å². The number of nitrogens with one attached hydrogen (secondary N) is 1. The molecule has 0 aromatic heterocycles. The van der Waals surface area contributed by atoms with Crippen LogP contribution in [0.2, 0.25) is 0 Å². The van der Waals surface area contributed by atoms with Gasteiger partial charge >= 0.3 is 5.97 Å². The molecule has 0 aliphatic heterocycles. The van der Waals surface area contributed by atoms with Gasteiger partial charge in [-0.3, -0.25) is 4.79 Å². The van der Waals surface area contributed by atoms with E-state index >= 15 is 0 Å². The average Bonchev–Trinajstić information content (AvgIpc) is 2.04. The SMILES string of the molecule is CCOC(=O)C(C(=O)NC)=C(C)O. The third-order valence-corrected chi connectivity index (χ3v) is 1.30. The van der Waals surface area contributed by atoms with Crippen molar-refractivity contribution in [1.29, 1.82) is 0 Å². The Morgan fingerprint density at radius 2 is 2.00 bits per heavy atom. The van der Waals surface area contributed by atoms with Crippen molar-refractivity contribution in [3.8, 4) is 0 Å². The van der Waals surface area contributed by atoms with Crippen molar-refractivity contribution in [2.75, 3.05) is 13.7 Å². The molecule has 0 aliphatic rings. The fourth-order valence-corrected chi connectivity index (χ4v) is 0.733. The fraction of sp³-hybridized carbons (Fsp3) is 0.500. The number of ether oxygens (including phenoxy) is 1. The maximum absolute atomic E-state index is 11.1. The molecule has 0 aromatic carbocycles. The highest BCUT2D eigenvalue weighted by Crippen LogP contribution is 2.03. The highest BCUT2D eigenvalue weighted by molar-refractivity contribution is 6.16. The summed E-state index contributed by atoms with van der Waals surface area (Å²) in [6.07, 6.45) is 0. The van der Waals surface area contributed by atoms with Crippen LogP contribution in [-0.2, 0) is 14.3 Å². The molecule has 0 spiro atoms. The number of aliphatic hydroxyl groups is 1. The van der Waals surface area contributed by atoms with E-state index in [0.717, 1.165) is 0 Å². The van der Waals surface area contributed by atoms with E-state index in [-0.39, 0.29) is 17.9 Å². The first-order valence-corrected chi connectivity index (χ1v) is 3.83. The standard InChI is InChI=1S/C8H13NO4/c1-4-13-8(12)6(5(2)10)7(11)9-3/h10H,4H2,1-3H3,(H,9,11). The second kappa shape index (κ2) is 5.18. The van der Waals surface area contributed by atoms with Crippen LogP contribution in [0, 0.1) is 0 Å². The number of likely N-dealkylation sites (N-methyl/N-ethyl adjacent to an activating group) is 1. The second-order valence-corrected chi connectivity index (χ2v) is 2.26. The molecule has 0 rings (SSSR count). The molecule has 74 valence electrons. The maximum Gasteiger partial charge on any atom is 0.347 e. The first-order valence-electron chi connectivity index (χ1n) is 3.83. The summed E-state index contributed by atoms with van der Waals surface area (Å²) in [4.78, 5) is 22.1. The number of esters is 1. The average molecular weight is 187 g/mol. The van der Waals surface area contributed by atoms with Crippen LogP contribution in [-0.4, -0.2) is 30.6 Å². The van der Waals surface area contributed by atoms with Crippen LogP contribution in [0.15, 0.2) is 11.3 Å². The fourth-order valence-electron chi connectivity index (χ4n) is 0.733. The third-order valence-electron chi connectivity index (χ3n) is 1.30. The molecular formula is C8H13NO4. The summed E-state index contributed by atoms with van der Waals surface area (Å²) in [5, 5.41) is 11.3. The van der Waals surface area contributed by atoms with Crippen molar-refractivity contribution in [1.82, 2.24) is 5.32 Å². The Labute approximate surface area is 76.4 Å². The molecule has 5 nitrogen and oxygen atoms in total. The molecule has 0 fully saturated rings. The summed E-state index contributed by atoms with van der Waals surface area (Å²) < 4.78 is 4.57. The molecule has 0 radical (unpaired) electrons. The molecular weight excluding hydrogens is 174 g/mol. The lowest BCUT2D eigenvalue weighted by Gasteiger charge is -2.05. The lowest BCUT2D eigenvalue weighted by atomic mass is 10.2. The zero-order valence-electron chi connectivity index (χ0n) is 7.88. The van der Waals surface area contributed by atoms with E-state index in [1.54, 1.807) is 6.92 Å². The monoisotopic (exact) mass is 187 g/mol. The van der Waals surface area contributed by atoms with Gasteiger partial charge < -0.3 is 15.2 Å². The first kappa shape index (κ1) is 11.5. The largest absolute Gasteiger partial charge is 0.511 e. The van der Waals surface area contributed by atoms with Gasteiger partial charge in [-0.2, -0.15) is 0 Å². The second-order valence-electron chi connectivity index (χ2n) is 2.26. The predicted octanol–water partition coefficient (Wildman–Crippen LogP) is 0.128. The number of carbonyl (C=O) groups excluding carboxylic acids is 2. The van der Waals surface area contributed by atoms with Crippen LogP contribution < -0.4 is 5.32 Å². The van der Waals surface area contributed by atoms with E-state index in [0.29, 0.717) is 0 Å². The Kier molecular flexibility index (Phi) is 4.58. The van der Waals surface area contributed by atoms with Crippen LogP contribution in [0.5, 0.6) is 0 Å². The number of aliphatic hydroxyl groups excluding tert-OH is 1. The number of allylic oxidation sites excluding steroid dienone is 1. The minimum Gasteiger partial charge on any atom is -0.511 e. The van der Waals surface area contributed by atoms with Gasteiger partial charge in [0.25, 0.3) is 5.91 Å². The van der Waals surface area contributed by atoms with Gasteiger partial charge in [0.2, 0.25) is 0 Å². The molecule has 5 heteroatoms. The van der Waals surface area contributed by atoms with E-state index in [1.807, 2.05) is 0 Å². The Morgan fingerprint density at radius 3 is 2.31 bits per heavy atom. The molecule has 0 heterocycles. The molecule has 0 aliphatic carbocycles. The molecule has 0 aromatic rings. The number of hydrogen-bond acceptors (Lipinski definition) is 4. The first-order chi connectivity index (χ1) is 6.04. The lowest BCUT2D eigenvalue weighted by Crippen LogP contribution is -2.27. The summed E-state index contributed by atoms with van der Waals surface area (Å²) in [6, 6.07) is 0. The normalized spacial score (nSPS) is 11.6. The van der Waals surface area contributed by atoms with Gasteiger partial charge in [0.1, 0.15) is 5.76 Å². The van der Waals surface area contributed by atoms with Gasteiger partial charge in [0.05, 0.1) is 6.61 Å². The molecule has 13 heavy (non-hydrogen) atoms. The zero-order valence-corrected chi connectivity index (χ0v) is 7.88. The van der Waals surface area contributed by atoms with Crippen molar-refractivity contribution < 1.29 is 19.4 Å². The summed E-state index contributed by atoms with van der Waals surface area (Å²) in [5.41, 5.74) is -0.357. The highest BCUT2D eigenvalue weighted by Gasteiger charge is 2.21. The van der Waals surface area contributed by atoms with Crippen molar-refractivity contribution in [2.45, 2.75) is 13.8 Å². The van der Waals surface area contributed by atoms with Gasteiger partial charge in [0, 0.05) is 7.05 Å². The topological polar surface area (TPSA) is 75.6 Å². The molecule has 2 N–H and O–H groups in total. The summed E-state index contributed by atoms with van der Waals surface area (Å²) in [6.45, 7) is 3.03. The minimum atomic E-state index is -0.818. The molecule has 0 bridgehead atoms. The Bertz CT molecular complexity index is 241. The van der Waals surface area contributed by atoms with E-state index in [2.05, 4.69) is 10.1 Å². The van der Waals surface area contributed by atoms with Crippen LogP contribution in [0.3, 0.4) is 0 Å². The zero-order chi connectivity index (χ0) is 10.4. The van der Waals surface area contributed by atoms with Gasteiger partial charge in [-0.15, -0.1) is 0 Å². The number of amides is 1. The van der Waals surface area contributed by atoms with Gasteiger partial charge in [0.15, 0.2) is 5.57 Å². The van der Waals surface area contributed by atoms with Crippen LogP contribution >= 0.6 is 0 Å². The summed E-state index contributed by atoms with van der Waals surface area (Å²) >= 11 is 0. The van der Waals surface area contributed by atoms with Crippen molar-refractivity contribution in [2.24, 2.45) is 0 Å². The van der Waals surface area contributed by atoms with E-state index in [9.17, 15) is 9.59 Å². The number of hydrogen-bond donors (Lipinski definition) is 2. The number of carbonyl (C=O) groups is 2. The minimum absolute atomic E-state index is 0.159. The van der Waals surface area contributed by atoms with Gasteiger partial charge in [-0.1, -0.05) is 0 Å². The molecule has 1 amide bonds. The Balaban J connectivity index is 4.75. The Hall–Kier alpha value is -1.52. The smallest absolute Gasteiger partial charge is 0.347 e. The predicted molar refractivity (Wildman–Crippen MR) is 46.0 cm³/mol. The summed E-state index contributed by atoms with van der Waals surface area (Å²) in [5.74, 6) is -1.82. The van der Waals surface area contributed by atoms with Crippen LogP contribution in [0.25, 0.3) is 0 Å². The number of rotatable bonds is 3. The van der Waals surface area contributed by atoms with Gasteiger partial charge in [-0.05, 0) is 13.8 Å². The molecule has 0 unspecified atom stereocenters. The quantitative estimate of drug-likeness (QED) is 0.216. The van der Waals surface area contributed by atoms with Gasteiger partial charge in [-0.25, -0.2) is 4.79 Å². The lowest BCUT2D eigenvalue weighted by molar-refractivity contribution is -0.140. The Morgan fingerprint density at radius 1 is 1.46 bits per heavy atom. The molecule has 0 saturated heterocycles. The molecule has 0 saturated carbocycles. The van der Waals surface area contributed by atoms with E-state index < -0.39 is 11.9 Å². The maximum atomic E-state index is 11.1. The molecule has 0 atom stereocenters. The van der Waals surface area contributed by atoms with Crippen molar-refractivity contribution >= 4 is 11.9 Å².